The number of aryl methyl sites for hydroxylation is 1. The third-order valence-corrected chi connectivity index (χ3v) is 6.80. The van der Waals surface area contributed by atoms with Gasteiger partial charge in [0.05, 0.1) is 16.2 Å². The van der Waals surface area contributed by atoms with Crippen molar-refractivity contribution in [1.29, 1.82) is 0 Å². The zero-order valence-electron chi connectivity index (χ0n) is 18.0. The molecule has 12 heteroatoms. The van der Waals surface area contributed by atoms with Gasteiger partial charge in [0, 0.05) is 25.0 Å². The van der Waals surface area contributed by atoms with Crippen LogP contribution in [0.15, 0.2) is 41.7 Å². The molecule has 0 saturated carbocycles. The van der Waals surface area contributed by atoms with Crippen molar-refractivity contribution in [2.24, 2.45) is 0 Å². The molecule has 0 fully saturated rings. The number of aromatic nitrogens is 4. The number of amides is 1. The van der Waals surface area contributed by atoms with Crippen molar-refractivity contribution in [3.63, 3.8) is 0 Å². The molecule has 2 aromatic heterocycles. The average Bonchev–Trinajstić information content (AvgIpc) is 3.26. The molecule has 0 atom stereocenters. The topological polar surface area (TPSA) is 136 Å². The lowest BCUT2D eigenvalue weighted by molar-refractivity contribution is -0.119. The molecule has 0 aliphatic rings. The SMILES string of the molecule is CCc1c(C(=O)OCC(=O)Nc2cccc(S(=O)(=O)N(CC)CC)c2)cnc2ncnn12. The summed E-state index contributed by atoms with van der Waals surface area (Å²) in [6.45, 7) is 5.46. The number of anilines is 1. The van der Waals surface area contributed by atoms with Gasteiger partial charge in [-0.2, -0.15) is 14.4 Å². The summed E-state index contributed by atoms with van der Waals surface area (Å²) in [6, 6.07) is 5.91. The summed E-state index contributed by atoms with van der Waals surface area (Å²) in [4.78, 5) is 32.9. The third kappa shape index (κ3) is 4.75. The van der Waals surface area contributed by atoms with Gasteiger partial charge in [-0.1, -0.05) is 26.8 Å². The normalized spacial score (nSPS) is 11.6. The van der Waals surface area contributed by atoms with Crippen LogP contribution < -0.4 is 5.32 Å². The second kappa shape index (κ2) is 9.83. The Kier molecular flexibility index (Phi) is 7.15. The summed E-state index contributed by atoms with van der Waals surface area (Å²) in [6.07, 6.45) is 3.15. The number of hydrogen-bond acceptors (Lipinski definition) is 8. The summed E-state index contributed by atoms with van der Waals surface area (Å²) in [7, 11) is -3.67. The molecule has 0 radical (unpaired) electrons. The number of carbonyl (C=O) groups excluding carboxylic acids is 2. The minimum atomic E-state index is -3.67. The molecule has 1 aromatic carbocycles. The number of rotatable bonds is 9. The van der Waals surface area contributed by atoms with Crippen LogP contribution in [0.2, 0.25) is 0 Å². The van der Waals surface area contributed by atoms with Crippen LogP contribution in [0.1, 0.15) is 36.8 Å². The van der Waals surface area contributed by atoms with Crippen molar-refractivity contribution in [1.82, 2.24) is 23.9 Å². The smallest absolute Gasteiger partial charge is 0.342 e. The molecule has 11 nitrogen and oxygen atoms in total. The van der Waals surface area contributed by atoms with Crippen LogP contribution in [-0.2, 0) is 26.0 Å². The molecule has 2 heterocycles. The first-order valence-corrected chi connectivity index (χ1v) is 11.5. The lowest BCUT2D eigenvalue weighted by Crippen LogP contribution is -2.30. The third-order valence-electron chi connectivity index (χ3n) is 4.76. The fraction of sp³-hybridized carbons (Fsp3) is 0.350. The summed E-state index contributed by atoms with van der Waals surface area (Å²) in [5.74, 6) is -0.973. The molecule has 1 amide bonds. The van der Waals surface area contributed by atoms with Gasteiger partial charge in [0.1, 0.15) is 6.33 Å². The molecule has 0 spiro atoms. The highest BCUT2D eigenvalue weighted by Crippen LogP contribution is 2.19. The van der Waals surface area contributed by atoms with E-state index in [-0.39, 0.29) is 16.1 Å². The molecule has 3 aromatic rings. The summed E-state index contributed by atoms with van der Waals surface area (Å²) >= 11 is 0. The average molecular weight is 461 g/mol. The van der Waals surface area contributed by atoms with E-state index in [1.54, 1.807) is 19.9 Å². The Morgan fingerprint density at radius 1 is 1.16 bits per heavy atom. The first kappa shape index (κ1) is 23.3. The van der Waals surface area contributed by atoms with Crippen molar-refractivity contribution in [3.05, 3.63) is 48.0 Å². The van der Waals surface area contributed by atoms with Gasteiger partial charge in [-0.05, 0) is 24.6 Å². The van der Waals surface area contributed by atoms with E-state index >= 15 is 0 Å². The Bertz CT molecular complexity index is 1240. The first-order chi connectivity index (χ1) is 15.3. The van der Waals surface area contributed by atoms with Crippen LogP contribution in [0.5, 0.6) is 0 Å². The fourth-order valence-electron chi connectivity index (χ4n) is 3.19. The van der Waals surface area contributed by atoms with Gasteiger partial charge in [0.2, 0.25) is 10.0 Å². The van der Waals surface area contributed by atoms with E-state index in [4.69, 9.17) is 4.74 Å². The van der Waals surface area contributed by atoms with E-state index < -0.39 is 28.5 Å². The van der Waals surface area contributed by atoms with Crippen molar-refractivity contribution in [2.45, 2.75) is 32.1 Å². The number of carbonyl (C=O) groups is 2. The van der Waals surface area contributed by atoms with Crippen molar-refractivity contribution in [2.75, 3.05) is 25.0 Å². The molecule has 0 aliphatic carbocycles. The Balaban J connectivity index is 1.68. The van der Waals surface area contributed by atoms with Gasteiger partial charge >= 0.3 is 5.97 Å². The van der Waals surface area contributed by atoms with Crippen LogP contribution in [0.3, 0.4) is 0 Å². The molecule has 32 heavy (non-hydrogen) atoms. The zero-order chi connectivity index (χ0) is 23.3. The molecule has 0 bridgehead atoms. The van der Waals surface area contributed by atoms with Gasteiger partial charge in [0.15, 0.2) is 6.61 Å². The lowest BCUT2D eigenvalue weighted by atomic mass is 10.2. The number of sulfonamides is 1. The van der Waals surface area contributed by atoms with E-state index in [0.717, 1.165) is 0 Å². The lowest BCUT2D eigenvalue weighted by Gasteiger charge is -2.18. The number of hydrogen-bond donors (Lipinski definition) is 1. The molecular formula is C20H24N6O5S. The predicted octanol–water partition coefficient (Wildman–Crippen LogP) is 1.51. The van der Waals surface area contributed by atoms with Gasteiger partial charge in [-0.15, -0.1) is 0 Å². The van der Waals surface area contributed by atoms with E-state index in [1.807, 2.05) is 6.92 Å². The number of ether oxygens (including phenoxy) is 1. The van der Waals surface area contributed by atoms with Gasteiger partial charge in [-0.3, -0.25) is 4.79 Å². The highest BCUT2D eigenvalue weighted by Gasteiger charge is 2.22. The highest BCUT2D eigenvalue weighted by molar-refractivity contribution is 7.89. The van der Waals surface area contributed by atoms with Crippen molar-refractivity contribution in [3.8, 4) is 0 Å². The fourth-order valence-corrected chi connectivity index (χ4v) is 4.69. The van der Waals surface area contributed by atoms with Crippen LogP contribution in [0.4, 0.5) is 5.69 Å². The quantitative estimate of drug-likeness (QED) is 0.475. The molecular weight excluding hydrogens is 436 g/mol. The molecule has 3 rings (SSSR count). The van der Waals surface area contributed by atoms with Crippen molar-refractivity contribution < 1.29 is 22.7 Å². The first-order valence-electron chi connectivity index (χ1n) is 10.1. The second-order valence-electron chi connectivity index (χ2n) is 6.69. The minimum absolute atomic E-state index is 0.0655. The monoisotopic (exact) mass is 460 g/mol. The predicted molar refractivity (Wildman–Crippen MR) is 116 cm³/mol. The van der Waals surface area contributed by atoms with Gasteiger partial charge < -0.3 is 10.1 Å². The molecule has 0 saturated heterocycles. The highest BCUT2D eigenvalue weighted by atomic mass is 32.2. The van der Waals surface area contributed by atoms with Gasteiger partial charge in [-0.25, -0.2) is 22.7 Å². The van der Waals surface area contributed by atoms with Crippen molar-refractivity contribution >= 4 is 33.4 Å². The maximum Gasteiger partial charge on any atom is 0.342 e. The number of esters is 1. The Morgan fingerprint density at radius 3 is 2.59 bits per heavy atom. The Labute approximate surface area is 185 Å². The van der Waals surface area contributed by atoms with E-state index in [1.165, 1.54) is 39.5 Å². The second-order valence-corrected chi connectivity index (χ2v) is 8.62. The van der Waals surface area contributed by atoms with Gasteiger partial charge in [0.25, 0.3) is 11.7 Å². The maximum absolute atomic E-state index is 12.7. The van der Waals surface area contributed by atoms with Crippen LogP contribution >= 0.6 is 0 Å². The van der Waals surface area contributed by atoms with E-state index in [2.05, 4.69) is 20.4 Å². The summed E-state index contributed by atoms with van der Waals surface area (Å²) in [5.41, 5.74) is 1.03. The van der Waals surface area contributed by atoms with E-state index in [9.17, 15) is 18.0 Å². The molecule has 0 unspecified atom stereocenters. The number of benzene rings is 1. The van der Waals surface area contributed by atoms with Crippen LogP contribution in [-0.4, -0.2) is 63.9 Å². The van der Waals surface area contributed by atoms with E-state index in [0.29, 0.717) is 31.0 Å². The number of fused-ring (bicyclic) bond motifs is 1. The van der Waals surface area contributed by atoms with Crippen LogP contribution in [0.25, 0.3) is 5.78 Å². The molecule has 0 aliphatic heterocycles. The minimum Gasteiger partial charge on any atom is -0.452 e. The Morgan fingerprint density at radius 2 is 1.91 bits per heavy atom. The largest absolute Gasteiger partial charge is 0.452 e. The standard InChI is InChI=1S/C20H24N6O5S/c1-4-17-16(11-21-20-22-13-23-26(17)20)19(28)31-12-18(27)24-14-8-7-9-15(10-14)32(29,30)25(5-2)6-3/h7-11,13H,4-6,12H2,1-3H3,(H,24,27). The number of nitrogens with zero attached hydrogens (tertiary/aromatic N) is 5. The maximum atomic E-state index is 12.7. The summed E-state index contributed by atoms with van der Waals surface area (Å²) < 4.78 is 33.2. The Hall–Kier alpha value is -3.38. The molecule has 170 valence electrons. The zero-order valence-corrected chi connectivity index (χ0v) is 18.8. The number of nitrogens with one attached hydrogen (secondary N) is 1. The summed E-state index contributed by atoms with van der Waals surface area (Å²) in [5, 5.41) is 6.59. The van der Waals surface area contributed by atoms with Crippen LogP contribution in [0, 0.1) is 0 Å². The molecule has 1 N–H and O–H groups in total.